The average molecular weight is 472 g/mol. The third-order valence-electron chi connectivity index (χ3n) is 4.90. The SMILES string of the molecule is Cc1ccc(-n2nccn2)c(C(=O)N2C[C@@H](COc3ccc(Br)cn3)OC[C@H]2C)c1. The minimum Gasteiger partial charge on any atom is -0.475 e. The van der Waals surface area contributed by atoms with E-state index in [9.17, 15) is 4.79 Å². The van der Waals surface area contributed by atoms with E-state index < -0.39 is 0 Å². The molecule has 2 aromatic heterocycles. The molecule has 9 heteroatoms. The van der Waals surface area contributed by atoms with Crippen LogP contribution in [0.25, 0.3) is 5.69 Å². The van der Waals surface area contributed by atoms with Gasteiger partial charge in [-0.15, -0.1) is 0 Å². The number of carbonyl (C=O) groups excluding carboxylic acids is 1. The van der Waals surface area contributed by atoms with Crippen molar-refractivity contribution < 1.29 is 14.3 Å². The highest BCUT2D eigenvalue weighted by molar-refractivity contribution is 9.10. The van der Waals surface area contributed by atoms with Crippen molar-refractivity contribution in [2.24, 2.45) is 0 Å². The zero-order valence-corrected chi connectivity index (χ0v) is 18.3. The summed E-state index contributed by atoms with van der Waals surface area (Å²) in [6.45, 7) is 5.12. The molecular weight excluding hydrogens is 450 g/mol. The normalized spacial score (nSPS) is 19.0. The van der Waals surface area contributed by atoms with Gasteiger partial charge in [-0.3, -0.25) is 4.79 Å². The van der Waals surface area contributed by atoms with Crippen molar-refractivity contribution in [3.63, 3.8) is 0 Å². The Morgan fingerprint density at radius 2 is 2.07 bits per heavy atom. The molecule has 1 aliphatic rings. The number of amides is 1. The van der Waals surface area contributed by atoms with Crippen molar-refractivity contribution in [2.45, 2.75) is 26.0 Å². The fourth-order valence-electron chi connectivity index (χ4n) is 3.32. The molecule has 0 bridgehead atoms. The Morgan fingerprint density at radius 3 is 2.80 bits per heavy atom. The van der Waals surface area contributed by atoms with Crippen LogP contribution in [0.3, 0.4) is 0 Å². The van der Waals surface area contributed by atoms with E-state index in [0.717, 1.165) is 10.0 Å². The zero-order valence-electron chi connectivity index (χ0n) is 16.7. The summed E-state index contributed by atoms with van der Waals surface area (Å²) in [5.41, 5.74) is 2.21. The fraction of sp³-hybridized carbons (Fsp3) is 0.333. The number of aromatic nitrogens is 4. The van der Waals surface area contributed by atoms with Crippen LogP contribution in [-0.4, -0.2) is 62.7 Å². The zero-order chi connectivity index (χ0) is 21.1. The molecule has 0 saturated carbocycles. The monoisotopic (exact) mass is 471 g/mol. The van der Waals surface area contributed by atoms with Crippen LogP contribution >= 0.6 is 15.9 Å². The van der Waals surface area contributed by atoms with Gasteiger partial charge in [0.15, 0.2) is 0 Å². The molecule has 0 radical (unpaired) electrons. The van der Waals surface area contributed by atoms with E-state index in [0.29, 0.717) is 36.9 Å². The van der Waals surface area contributed by atoms with Gasteiger partial charge in [-0.25, -0.2) is 4.98 Å². The molecule has 4 rings (SSSR count). The lowest BCUT2D eigenvalue weighted by Crippen LogP contribution is -2.52. The van der Waals surface area contributed by atoms with Gasteiger partial charge in [0.1, 0.15) is 12.7 Å². The molecule has 1 aliphatic heterocycles. The number of hydrogen-bond acceptors (Lipinski definition) is 6. The molecule has 8 nitrogen and oxygen atoms in total. The van der Waals surface area contributed by atoms with Crippen molar-refractivity contribution in [3.05, 3.63) is 64.5 Å². The van der Waals surface area contributed by atoms with Crippen molar-refractivity contribution in [3.8, 4) is 11.6 Å². The molecule has 0 N–H and O–H groups in total. The number of benzene rings is 1. The molecule has 0 unspecified atom stereocenters. The maximum atomic E-state index is 13.5. The minimum absolute atomic E-state index is 0.0569. The van der Waals surface area contributed by atoms with Crippen molar-refractivity contribution in [1.82, 2.24) is 24.9 Å². The molecule has 3 aromatic rings. The molecule has 156 valence electrons. The largest absolute Gasteiger partial charge is 0.475 e. The molecule has 1 saturated heterocycles. The quantitative estimate of drug-likeness (QED) is 0.568. The van der Waals surface area contributed by atoms with Gasteiger partial charge in [0.05, 0.1) is 42.8 Å². The second kappa shape index (κ2) is 8.93. The number of carbonyl (C=O) groups is 1. The highest BCUT2D eigenvalue weighted by atomic mass is 79.9. The number of ether oxygens (including phenoxy) is 2. The molecule has 30 heavy (non-hydrogen) atoms. The Balaban J connectivity index is 1.50. The average Bonchev–Trinajstić information content (AvgIpc) is 3.28. The van der Waals surface area contributed by atoms with Crippen LogP contribution in [0.4, 0.5) is 0 Å². The Morgan fingerprint density at radius 1 is 1.27 bits per heavy atom. The molecule has 1 aromatic carbocycles. The maximum absolute atomic E-state index is 13.5. The third kappa shape index (κ3) is 4.52. The van der Waals surface area contributed by atoms with Crippen LogP contribution in [0.1, 0.15) is 22.8 Å². The maximum Gasteiger partial charge on any atom is 0.256 e. The molecule has 0 aliphatic carbocycles. The summed E-state index contributed by atoms with van der Waals surface area (Å²) in [5.74, 6) is 0.442. The van der Waals surface area contributed by atoms with Crippen LogP contribution in [0, 0.1) is 6.92 Å². The van der Waals surface area contributed by atoms with Gasteiger partial charge < -0.3 is 14.4 Å². The summed E-state index contributed by atoms with van der Waals surface area (Å²) >= 11 is 3.35. The molecule has 0 spiro atoms. The number of morpholine rings is 1. The first-order chi connectivity index (χ1) is 14.5. The van der Waals surface area contributed by atoms with Crippen molar-refractivity contribution in [2.75, 3.05) is 19.8 Å². The Bertz CT molecular complexity index is 1010. The van der Waals surface area contributed by atoms with Gasteiger partial charge in [0, 0.05) is 16.7 Å². The van der Waals surface area contributed by atoms with Gasteiger partial charge >= 0.3 is 0 Å². The topological polar surface area (TPSA) is 82.4 Å². The van der Waals surface area contributed by atoms with Crippen molar-refractivity contribution in [1.29, 1.82) is 0 Å². The number of nitrogens with zero attached hydrogens (tertiary/aromatic N) is 5. The predicted molar refractivity (Wildman–Crippen MR) is 114 cm³/mol. The summed E-state index contributed by atoms with van der Waals surface area (Å²) in [7, 11) is 0. The van der Waals surface area contributed by atoms with E-state index in [4.69, 9.17) is 9.47 Å². The van der Waals surface area contributed by atoms with Gasteiger partial charge in [-0.2, -0.15) is 15.0 Å². The molecule has 2 atom stereocenters. The Kier molecular flexibility index (Phi) is 6.10. The highest BCUT2D eigenvalue weighted by Gasteiger charge is 2.32. The van der Waals surface area contributed by atoms with Gasteiger partial charge in [0.25, 0.3) is 5.91 Å². The molecule has 1 fully saturated rings. The van der Waals surface area contributed by atoms with Crippen LogP contribution in [-0.2, 0) is 4.74 Å². The predicted octanol–water partition coefficient (Wildman–Crippen LogP) is 3.04. The van der Waals surface area contributed by atoms with E-state index >= 15 is 0 Å². The molecular formula is C21H22BrN5O3. The van der Waals surface area contributed by atoms with Crippen LogP contribution in [0.15, 0.2) is 53.4 Å². The lowest BCUT2D eigenvalue weighted by molar-refractivity contribution is -0.0632. The first kappa shape index (κ1) is 20.5. The van der Waals surface area contributed by atoms with Crippen molar-refractivity contribution >= 4 is 21.8 Å². The van der Waals surface area contributed by atoms with Gasteiger partial charge in [-0.05, 0) is 48.0 Å². The van der Waals surface area contributed by atoms with Gasteiger partial charge in [0.2, 0.25) is 5.88 Å². The summed E-state index contributed by atoms with van der Waals surface area (Å²) in [5, 5.41) is 8.37. The first-order valence-corrected chi connectivity index (χ1v) is 10.4. The molecule has 3 heterocycles. The van der Waals surface area contributed by atoms with Gasteiger partial charge in [-0.1, -0.05) is 11.6 Å². The van der Waals surface area contributed by atoms with E-state index in [2.05, 4.69) is 31.1 Å². The second-order valence-electron chi connectivity index (χ2n) is 7.23. The summed E-state index contributed by atoms with van der Waals surface area (Å²) in [6.07, 6.45) is 4.62. The number of halogens is 1. The van der Waals surface area contributed by atoms with Crippen LogP contribution < -0.4 is 4.74 Å². The number of pyridine rings is 1. The van der Waals surface area contributed by atoms with Crippen LogP contribution in [0.5, 0.6) is 5.88 Å². The minimum atomic E-state index is -0.244. The number of hydrogen-bond donors (Lipinski definition) is 0. The Labute approximate surface area is 182 Å². The lowest BCUT2D eigenvalue weighted by Gasteiger charge is -2.38. The van der Waals surface area contributed by atoms with E-state index in [1.54, 1.807) is 24.7 Å². The Hall–Kier alpha value is -2.78. The number of aryl methyl sites for hydroxylation is 1. The fourth-order valence-corrected chi connectivity index (χ4v) is 3.55. The van der Waals surface area contributed by atoms with Crippen LogP contribution in [0.2, 0.25) is 0 Å². The van der Waals surface area contributed by atoms with E-state index in [1.807, 2.05) is 43.0 Å². The lowest BCUT2D eigenvalue weighted by atomic mass is 10.1. The standard InChI is InChI=1S/C21H22BrN5O3/c1-14-3-5-19(27-24-7-8-25-27)18(9-14)21(28)26-11-17(29-12-15(26)2)13-30-20-6-4-16(22)10-23-20/h3-10,15,17H,11-13H2,1-2H3/t15-,17+/m1/s1. The molecule has 1 amide bonds. The smallest absolute Gasteiger partial charge is 0.256 e. The summed E-state index contributed by atoms with van der Waals surface area (Å²) in [6, 6.07) is 9.28. The second-order valence-corrected chi connectivity index (χ2v) is 8.14. The highest BCUT2D eigenvalue weighted by Crippen LogP contribution is 2.22. The van der Waals surface area contributed by atoms with E-state index in [1.165, 1.54) is 4.80 Å². The third-order valence-corrected chi connectivity index (χ3v) is 5.37. The summed E-state index contributed by atoms with van der Waals surface area (Å²) < 4.78 is 12.5. The summed E-state index contributed by atoms with van der Waals surface area (Å²) in [4.78, 5) is 21.0. The first-order valence-electron chi connectivity index (χ1n) is 9.65. The van der Waals surface area contributed by atoms with E-state index in [-0.39, 0.29) is 18.1 Å². The number of rotatable bonds is 5.